The van der Waals surface area contributed by atoms with E-state index in [-0.39, 0.29) is 5.91 Å². The second-order valence-electron chi connectivity index (χ2n) is 8.10. The van der Waals surface area contributed by atoms with Gasteiger partial charge >= 0.3 is 0 Å². The number of hydrogen-bond donors (Lipinski definition) is 1. The molecule has 5 nitrogen and oxygen atoms in total. The number of guanidine groups is 1. The van der Waals surface area contributed by atoms with Crippen LogP contribution in [0.3, 0.4) is 0 Å². The molecule has 1 amide bonds. The van der Waals surface area contributed by atoms with Gasteiger partial charge in [-0.25, -0.2) is 0 Å². The van der Waals surface area contributed by atoms with E-state index in [2.05, 4.69) is 23.2 Å². The third-order valence-electron chi connectivity index (χ3n) is 5.85. The highest BCUT2D eigenvalue weighted by Crippen LogP contribution is 2.35. The molecule has 2 aliphatic rings. The first kappa shape index (κ1) is 19.7. The summed E-state index contributed by atoms with van der Waals surface area (Å²) >= 11 is 0. The van der Waals surface area contributed by atoms with Crippen LogP contribution in [-0.4, -0.2) is 61.9 Å². The van der Waals surface area contributed by atoms with Crippen molar-refractivity contribution in [1.82, 2.24) is 15.1 Å². The molecule has 2 fully saturated rings. The first-order valence-electron chi connectivity index (χ1n) is 10.4. The molecule has 2 unspecified atom stereocenters. The second-order valence-corrected chi connectivity index (χ2v) is 8.10. The van der Waals surface area contributed by atoms with Crippen LogP contribution in [0.1, 0.15) is 48.5 Å². The number of carbonyl (C=O) groups is 1. The summed E-state index contributed by atoms with van der Waals surface area (Å²) in [6.45, 7) is 6.09. The Balaban J connectivity index is 1.61. The van der Waals surface area contributed by atoms with E-state index in [9.17, 15) is 4.79 Å². The molecule has 1 N–H and O–H groups in total. The van der Waals surface area contributed by atoms with Gasteiger partial charge in [-0.3, -0.25) is 9.79 Å². The molecule has 1 saturated carbocycles. The van der Waals surface area contributed by atoms with Gasteiger partial charge in [0.15, 0.2) is 5.96 Å². The van der Waals surface area contributed by atoms with Crippen LogP contribution in [0.5, 0.6) is 0 Å². The van der Waals surface area contributed by atoms with E-state index >= 15 is 0 Å². The van der Waals surface area contributed by atoms with Crippen molar-refractivity contribution in [1.29, 1.82) is 0 Å². The van der Waals surface area contributed by atoms with Crippen molar-refractivity contribution in [3.8, 4) is 0 Å². The maximum absolute atomic E-state index is 12.1. The average Bonchev–Trinajstić information content (AvgIpc) is 3.11. The van der Waals surface area contributed by atoms with Crippen molar-refractivity contribution in [2.75, 3.05) is 40.3 Å². The maximum Gasteiger partial charge on any atom is 0.253 e. The van der Waals surface area contributed by atoms with E-state index in [0.717, 1.165) is 61.5 Å². The van der Waals surface area contributed by atoms with Gasteiger partial charge in [0.05, 0.1) is 0 Å². The summed E-state index contributed by atoms with van der Waals surface area (Å²) in [7, 11) is 3.57. The Morgan fingerprint density at radius 3 is 2.56 bits per heavy atom. The normalized spacial score (nSPS) is 22.5. The Morgan fingerprint density at radius 2 is 1.93 bits per heavy atom. The molecule has 1 aromatic rings. The van der Waals surface area contributed by atoms with Gasteiger partial charge in [0, 0.05) is 45.8 Å². The van der Waals surface area contributed by atoms with E-state index in [1.165, 1.54) is 25.7 Å². The molecule has 27 heavy (non-hydrogen) atoms. The fourth-order valence-corrected chi connectivity index (χ4v) is 4.41. The molecule has 1 aliphatic carbocycles. The molecule has 148 valence electrons. The van der Waals surface area contributed by atoms with Gasteiger partial charge in [-0.15, -0.1) is 0 Å². The fourth-order valence-electron chi connectivity index (χ4n) is 4.41. The van der Waals surface area contributed by atoms with Crippen LogP contribution in [0.4, 0.5) is 0 Å². The molecule has 0 radical (unpaired) electrons. The summed E-state index contributed by atoms with van der Waals surface area (Å²) in [5.74, 6) is 2.83. The quantitative estimate of drug-likeness (QED) is 0.640. The highest BCUT2D eigenvalue weighted by molar-refractivity contribution is 5.94. The molecule has 0 bridgehead atoms. The number of likely N-dealkylation sites (tertiary alicyclic amines) is 1. The zero-order valence-electron chi connectivity index (χ0n) is 17.1. The predicted molar refractivity (Wildman–Crippen MR) is 111 cm³/mol. The van der Waals surface area contributed by atoms with Crippen LogP contribution in [0.2, 0.25) is 0 Å². The van der Waals surface area contributed by atoms with E-state index in [0.29, 0.717) is 0 Å². The van der Waals surface area contributed by atoms with E-state index in [1.54, 1.807) is 19.0 Å². The zero-order valence-corrected chi connectivity index (χ0v) is 17.1. The topological polar surface area (TPSA) is 47.9 Å². The summed E-state index contributed by atoms with van der Waals surface area (Å²) in [5.41, 5.74) is 1.91. The minimum absolute atomic E-state index is 0.0494. The number of carbonyl (C=O) groups excluding carboxylic acids is 1. The molecular weight excluding hydrogens is 336 g/mol. The molecule has 1 aliphatic heterocycles. The van der Waals surface area contributed by atoms with E-state index < -0.39 is 0 Å². The summed E-state index contributed by atoms with van der Waals surface area (Å²) in [6, 6.07) is 7.92. The SMILES string of the molecule is CCNC(=NCCc1cccc(C(=O)N(C)C)c1)N1CC2CCCCC2C1. The van der Waals surface area contributed by atoms with Gasteiger partial charge in [-0.1, -0.05) is 25.0 Å². The van der Waals surface area contributed by atoms with Crippen molar-refractivity contribution in [2.24, 2.45) is 16.8 Å². The summed E-state index contributed by atoms with van der Waals surface area (Å²) in [4.78, 5) is 21.1. The molecule has 0 aromatic heterocycles. The van der Waals surface area contributed by atoms with Gasteiger partial charge in [0.1, 0.15) is 0 Å². The van der Waals surface area contributed by atoms with Gasteiger partial charge < -0.3 is 15.1 Å². The van der Waals surface area contributed by atoms with Crippen molar-refractivity contribution < 1.29 is 4.79 Å². The molecule has 0 spiro atoms. The lowest BCUT2D eigenvalue weighted by Gasteiger charge is -2.22. The Bertz CT molecular complexity index is 656. The van der Waals surface area contributed by atoms with Gasteiger partial charge in [-0.2, -0.15) is 0 Å². The number of hydrogen-bond acceptors (Lipinski definition) is 2. The Morgan fingerprint density at radius 1 is 1.22 bits per heavy atom. The van der Waals surface area contributed by atoms with Crippen LogP contribution in [0, 0.1) is 11.8 Å². The van der Waals surface area contributed by atoms with Crippen molar-refractivity contribution in [2.45, 2.75) is 39.0 Å². The third kappa shape index (κ3) is 5.02. The van der Waals surface area contributed by atoms with E-state index in [1.807, 2.05) is 18.2 Å². The Kier molecular flexibility index (Phi) is 6.75. The van der Waals surface area contributed by atoms with E-state index in [4.69, 9.17) is 4.99 Å². The van der Waals surface area contributed by atoms with Crippen molar-refractivity contribution in [3.63, 3.8) is 0 Å². The van der Waals surface area contributed by atoms with Gasteiger partial charge in [-0.05, 0) is 55.7 Å². The number of fused-ring (bicyclic) bond motifs is 1. The predicted octanol–water partition coefficient (Wildman–Crippen LogP) is 3.02. The maximum atomic E-state index is 12.1. The highest BCUT2D eigenvalue weighted by Gasteiger charge is 2.35. The van der Waals surface area contributed by atoms with Gasteiger partial charge in [0.2, 0.25) is 0 Å². The lowest BCUT2D eigenvalue weighted by molar-refractivity contribution is 0.0827. The lowest BCUT2D eigenvalue weighted by Crippen LogP contribution is -2.40. The molecule has 1 saturated heterocycles. The Hall–Kier alpha value is -2.04. The molecule has 1 heterocycles. The van der Waals surface area contributed by atoms with Crippen LogP contribution < -0.4 is 5.32 Å². The number of benzene rings is 1. The van der Waals surface area contributed by atoms with Crippen molar-refractivity contribution >= 4 is 11.9 Å². The standard InChI is InChI=1S/C22H34N4O/c1-4-23-22(26-15-19-9-5-6-10-20(19)16-26)24-13-12-17-8-7-11-18(14-17)21(27)25(2)3/h7-8,11,14,19-20H,4-6,9-10,12-13,15-16H2,1-3H3,(H,23,24). The molecule has 2 atom stereocenters. The van der Waals surface area contributed by atoms with Crippen LogP contribution in [-0.2, 0) is 6.42 Å². The van der Waals surface area contributed by atoms with Crippen molar-refractivity contribution in [3.05, 3.63) is 35.4 Å². The minimum Gasteiger partial charge on any atom is -0.357 e. The third-order valence-corrected chi connectivity index (χ3v) is 5.85. The Labute approximate surface area is 163 Å². The number of rotatable bonds is 5. The monoisotopic (exact) mass is 370 g/mol. The first-order valence-corrected chi connectivity index (χ1v) is 10.4. The highest BCUT2D eigenvalue weighted by atomic mass is 16.2. The van der Waals surface area contributed by atoms with Crippen LogP contribution >= 0.6 is 0 Å². The number of nitrogens with zero attached hydrogens (tertiary/aromatic N) is 3. The molecule has 1 aromatic carbocycles. The largest absolute Gasteiger partial charge is 0.357 e. The van der Waals surface area contributed by atoms with Gasteiger partial charge in [0.25, 0.3) is 5.91 Å². The molecule has 5 heteroatoms. The molecule has 3 rings (SSSR count). The number of aliphatic imine (C=N–C) groups is 1. The lowest BCUT2D eigenvalue weighted by atomic mass is 9.82. The summed E-state index contributed by atoms with van der Waals surface area (Å²) < 4.78 is 0. The summed E-state index contributed by atoms with van der Waals surface area (Å²) in [5, 5.41) is 3.48. The van der Waals surface area contributed by atoms with Crippen LogP contribution in [0.25, 0.3) is 0 Å². The minimum atomic E-state index is 0.0494. The number of nitrogens with one attached hydrogen (secondary N) is 1. The first-order chi connectivity index (χ1) is 13.1. The van der Waals surface area contributed by atoms with Crippen LogP contribution in [0.15, 0.2) is 29.3 Å². The average molecular weight is 371 g/mol. The molecular formula is C22H34N4O. The fraction of sp³-hybridized carbons (Fsp3) is 0.636. The smallest absolute Gasteiger partial charge is 0.253 e. The summed E-state index contributed by atoms with van der Waals surface area (Å²) in [6.07, 6.45) is 6.40. The number of amides is 1. The zero-order chi connectivity index (χ0) is 19.2. The second kappa shape index (κ2) is 9.25.